The topological polar surface area (TPSA) is 87.3 Å². The minimum atomic E-state index is -0.677. The van der Waals surface area contributed by atoms with Crippen molar-refractivity contribution in [3.63, 3.8) is 0 Å². The molecule has 1 aromatic rings. The van der Waals surface area contributed by atoms with Gasteiger partial charge in [-0.25, -0.2) is 0 Å². The second kappa shape index (κ2) is 7.64. The van der Waals surface area contributed by atoms with Crippen molar-refractivity contribution in [1.29, 1.82) is 0 Å². The zero-order valence-electron chi connectivity index (χ0n) is 11.2. The standard InChI is InChI=1S/C13H16BrN3O3/c1-8(16-9(2)18)13(20)15-7-12(19)17-11-6-4-3-5-10(11)14/h3-6,8H,7H2,1-2H3,(H,15,20)(H,16,18)(H,17,19)/t8-/m0/s1. The molecule has 6 nitrogen and oxygen atoms in total. The van der Waals surface area contributed by atoms with Gasteiger partial charge in [0, 0.05) is 11.4 Å². The highest BCUT2D eigenvalue weighted by atomic mass is 79.9. The molecule has 3 amide bonds. The molecule has 0 fully saturated rings. The van der Waals surface area contributed by atoms with Crippen LogP contribution >= 0.6 is 15.9 Å². The summed E-state index contributed by atoms with van der Waals surface area (Å²) >= 11 is 3.31. The SMILES string of the molecule is CC(=O)N[C@@H](C)C(=O)NCC(=O)Nc1ccccc1Br. The highest BCUT2D eigenvalue weighted by molar-refractivity contribution is 9.10. The summed E-state index contributed by atoms with van der Waals surface area (Å²) in [6, 6.07) is 6.48. The molecule has 0 heterocycles. The molecule has 20 heavy (non-hydrogen) atoms. The number of carbonyl (C=O) groups excluding carboxylic acids is 3. The average Bonchev–Trinajstić information content (AvgIpc) is 2.38. The summed E-state index contributed by atoms with van der Waals surface area (Å²) in [5, 5.41) is 7.54. The molecule has 3 N–H and O–H groups in total. The van der Waals surface area contributed by atoms with E-state index in [0.717, 1.165) is 4.47 Å². The predicted octanol–water partition coefficient (Wildman–Crippen LogP) is 1.03. The summed E-state index contributed by atoms with van der Waals surface area (Å²) in [7, 11) is 0. The fourth-order valence-electron chi connectivity index (χ4n) is 1.45. The maximum absolute atomic E-state index is 11.7. The van der Waals surface area contributed by atoms with E-state index < -0.39 is 11.9 Å². The molecule has 7 heteroatoms. The van der Waals surface area contributed by atoms with E-state index in [1.54, 1.807) is 25.1 Å². The molecule has 1 atom stereocenters. The summed E-state index contributed by atoms with van der Waals surface area (Å²) in [6.07, 6.45) is 0. The van der Waals surface area contributed by atoms with Crippen molar-refractivity contribution in [2.45, 2.75) is 19.9 Å². The molecular formula is C13H16BrN3O3. The molecule has 0 saturated heterocycles. The molecule has 0 aromatic heterocycles. The van der Waals surface area contributed by atoms with Crippen molar-refractivity contribution in [1.82, 2.24) is 10.6 Å². The Hall–Kier alpha value is -1.89. The van der Waals surface area contributed by atoms with Crippen LogP contribution in [0.3, 0.4) is 0 Å². The molecule has 0 spiro atoms. The third-order valence-electron chi connectivity index (χ3n) is 2.38. The molecule has 1 rings (SSSR count). The largest absolute Gasteiger partial charge is 0.345 e. The van der Waals surface area contributed by atoms with E-state index in [1.165, 1.54) is 6.92 Å². The van der Waals surface area contributed by atoms with Gasteiger partial charge in [0.25, 0.3) is 0 Å². The van der Waals surface area contributed by atoms with Crippen LogP contribution in [0.4, 0.5) is 5.69 Å². The van der Waals surface area contributed by atoms with E-state index in [9.17, 15) is 14.4 Å². The molecule has 0 saturated carbocycles. The fourth-order valence-corrected chi connectivity index (χ4v) is 1.83. The van der Waals surface area contributed by atoms with Gasteiger partial charge in [-0.15, -0.1) is 0 Å². The Labute approximate surface area is 125 Å². The van der Waals surface area contributed by atoms with Crippen molar-refractivity contribution >= 4 is 39.3 Å². The molecule has 0 bridgehead atoms. The number of hydrogen-bond donors (Lipinski definition) is 3. The highest BCUT2D eigenvalue weighted by Gasteiger charge is 2.14. The van der Waals surface area contributed by atoms with Gasteiger partial charge in [-0.1, -0.05) is 12.1 Å². The van der Waals surface area contributed by atoms with Crippen molar-refractivity contribution in [3.8, 4) is 0 Å². The van der Waals surface area contributed by atoms with Gasteiger partial charge in [0.2, 0.25) is 17.7 Å². The van der Waals surface area contributed by atoms with Crippen molar-refractivity contribution in [3.05, 3.63) is 28.7 Å². The number of rotatable bonds is 5. The van der Waals surface area contributed by atoms with E-state index in [2.05, 4.69) is 31.9 Å². The third kappa shape index (κ3) is 5.40. The monoisotopic (exact) mass is 341 g/mol. The van der Waals surface area contributed by atoms with E-state index in [0.29, 0.717) is 5.69 Å². The minimum Gasteiger partial charge on any atom is -0.345 e. The summed E-state index contributed by atoms with van der Waals surface area (Å²) in [5.74, 6) is -1.06. The van der Waals surface area contributed by atoms with Crippen LogP contribution in [-0.2, 0) is 14.4 Å². The first-order chi connectivity index (χ1) is 9.40. The molecule has 108 valence electrons. The van der Waals surface area contributed by atoms with Crippen molar-refractivity contribution in [2.24, 2.45) is 0 Å². The van der Waals surface area contributed by atoms with E-state index in [4.69, 9.17) is 0 Å². The number of para-hydroxylation sites is 1. The second-order valence-corrected chi connectivity index (χ2v) is 5.02. The Balaban J connectivity index is 2.42. The van der Waals surface area contributed by atoms with Gasteiger partial charge >= 0.3 is 0 Å². The van der Waals surface area contributed by atoms with Gasteiger partial charge in [-0.2, -0.15) is 0 Å². The molecule has 0 aliphatic heterocycles. The second-order valence-electron chi connectivity index (χ2n) is 4.17. The Kier molecular flexibility index (Phi) is 6.17. The van der Waals surface area contributed by atoms with Crippen LogP contribution in [-0.4, -0.2) is 30.3 Å². The molecule has 0 unspecified atom stereocenters. The van der Waals surface area contributed by atoms with Gasteiger partial charge in [0.15, 0.2) is 0 Å². The molecule has 0 aliphatic rings. The number of carbonyl (C=O) groups is 3. The molecule has 1 aromatic carbocycles. The maximum Gasteiger partial charge on any atom is 0.243 e. The number of benzene rings is 1. The number of hydrogen-bond acceptors (Lipinski definition) is 3. The summed E-state index contributed by atoms with van der Waals surface area (Å²) < 4.78 is 0.756. The number of anilines is 1. The zero-order valence-corrected chi connectivity index (χ0v) is 12.8. The third-order valence-corrected chi connectivity index (χ3v) is 3.08. The van der Waals surface area contributed by atoms with Gasteiger partial charge < -0.3 is 16.0 Å². The van der Waals surface area contributed by atoms with Gasteiger partial charge in [0.05, 0.1) is 12.2 Å². The van der Waals surface area contributed by atoms with E-state index >= 15 is 0 Å². The quantitative estimate of drug-likeness (QED) is 0.747. The van der Waals surface area contributed by atoms with Gasteiger partial charge in [-0.3, -0.25) is 14.4 Å². The van der Waals surface area contributed by atoms with Crippen LogP contribution in [0, 0.1) is 0 Å². The van der Waals surface area contributed by atoms with Crippen LogP contribution in [0.2, 0.25) is 0 Å². The van der Waals surface area contributed by atoms with Crippen LogP contribution in [0.25, 0.3) is 0 Å². The number of halogens is 1. The maximum atomic E-state index is 11.7. The fraction of sp³-hybridized carbons (Fsp3) is 0.308. The lowest BCUT2D eigenvalue weighted by Crippen LogP contribution is -2.46. The van der Waals surface area contributed by atoms with Crippen molar-refractivity contribution < 1.29 is 14.4 Å². The lowest BCUT2D eigenvalue weighted by atomic mass is 10.3. The zero-order chi connectivity index (χ0) is 15.1. The highest BCUT2D eigenvalue weighted by Crippen LogP contribution is 2.20. The van der Waals surface area contributed by atoms with E-state index in [-0.39, 0.29) is 18.4 Å². The van der Waals surface area contributed by atoms with Crippen molar-refractivity contribution in [2.75, 3.05) is 11.9 Å². The first-order valence-corrected chi connectivity index (χ1v) is 6.78. The van der Waals surface area contributed by atoms with Crippen LogP contribution in [0.5, 0.6) is 0 Å². The Morgan fingerprint density at radius 1 is 1.25 bits per heavy atom. The first kappa shape index (κ1) is 16.2. The van der Waals surface area contributed by atoms with Gasteiger partial charge in [0.1, 0.15) is 6.04 Å². The van der Waals surface area contributed by atoms with E-state index in [1.807, 2.05) is 6.07 Å². The van der Waals surface area contributed by atoms with Gasteiger partial charge in [-0.05, 0) is 35.0 Å². The number of nitrogens with one attached hydrogen (secondary N) is 3. The Morgan fingerprint density at radius 2 is 1.90 bits per heavy atom. The van der Waals surface area contributed by atoms with Crippen LogP contribution in [0.15, 0.2) is 28.7 Å². The number of amides is 3. The van der Waals surface area contributed by atoms with Crippen LogP contribution in [0.1, 0.15) is 13.8 Å². The molecule has 0 aliphatic carbocycles. The summed E-state index contributed by atoms with van der Waals surface area (Å²) in [6.45, 7) is 2.70. The lowest BCUT2D eigenvalue weighted by Gasteiger charge is -2.13. The smallest absolute Gasteiger partial charge is 0.243 e. The lowest BCUT2D eigenvalue weighted by molar-refractivity contribution is -0.128. The minimum absolute atomic E-state index is 0.163. The Bertz CT molecular complexity index is 519. The Morgan fingerprint density at radius 3 is 2.50 bits per heavy atom. The first-order valence-electron chi connectivity index (χ1n) is 5.99. The molecule has 0 radical (unpaired) electrons. The average molecular weight is 342 g/mol. The van der Waals surface area contributed by atoms with Crippen LogP contribution < -0.4 is 16.0 Å². The summed E-state index contributed by atoms with van der Waals surface area (Å²) in [5.41, 5.74) is 0.627. The normalized spacial score (nSPS) is 11.3. The molecular weight excluding hydrogens is 326 g/mol. The predicted molar refractivity (Wildman–Crippen MR) is 79.1 cm³/mol. The summed E-state index contributed by atoms with van der Waals surface area (Å²) in [4.78, 5) is 34.1.